The molecule has 0 saturated heterocycles. The van der Waals surface area contributed by atoms with E-state index in [1.165, 1.54) is 42.5 Å². The molecule has 2 aliphatic rings. The molecule has 10 nitrogen and oxygen atoms in total. The van der Waals surface area contributed by atoms with E-state index < -0.39 is 49.4 Å². The minimum absolute atomic E-state index is 0.0580. The van der Waals surface area contributed by atoms with E-state index >= 15 is 0 Å². The Morgan fingerprint density at radius 3 is 1.68 bits per heavy atom. The van der Waals surface area contributed by atoms with E-state index in [0.29, 0.717) is 11.1 Å². The second kappa shape index (κ2) is 9.15. The lowest BCUT2D eigenvalue weighted by Gasteiger charge is -2.37. The van der Waals surface area contributed by atoms with Gasteiger partial charge in [0.1, 0.15) is 33.1 Å². The van der Waals surface area contributed by atoms with Gasteiger partial charge in [0.15, 0.2) is 5.60 Å². The minimum Gasteiger partial charge on any atom is -0.744 e. The first-order valence-electron chi connectivity index (χ1n) is 12.7. The van der Waals surface area contributed by atoms with Crippen molar-refractivity contribution in [1.82, 2.24) is 0 Å². The van der Waals surface area contributed by atoms with Gasteiger partial charge in [0, 0.05) is 28.8 Å². The Morgan fingerprint density at radius 2 is 1.24 bits per heavy atom. The molecule has 0 radical (unpaired) electrons. The third-order valence-corrected chi connectivity index (χ3v) is 7.49. The van der Waals surface area contributed by atoms with Crippen molar-refractivity contribution in [3.05, 3.63) is 76.9 Å². The third-order valence-electron chi connectivity index (χ3n) is 6.66. The lowest BCUT2D eigenvalue weighted by atomic mass is 9.77. The van der Waals surface area contributed by atoms with Crippen LogP contribution in [0.1, 0.15) is 68.6 Å². The molecule has 0 fully saturated rings. The molecule has 0 atom stereocenters. The van der Waals surface area contributed by atoms with Crippen molar-refractivity contribution in [2.45, 2.75) is 52.0 Å². The van der Waals surface area contributed by atoms with Gasteiger partial charge in [-0.1, -0.05) is 0 Å². The number of rotatable bonds is 3. The molecule has 0 N–H and O–H groups in total. The molecule has 5 rings (SSSR count). The Balaban J connectivity index is 1.73. The Labute approximate surface area is 236 Å². The first kappa shape index (κ1) is 28.3. The lowest BCUT2D eigenvalue weighted by molar-refractivity contribution is -0.143. The van der Waals surface area contributed by atoms with Crippen LogP contribution in [0.3, 0.4) is 0 Å². The molecule has 3 aromatic carbocycles. The van der Waals surface area contributed by atoms with Crippen LogP contribution in [-0.4, -0.2) is 30.9 Å². The maximum absolute atomic E-state index is 13.1. The van der Waals surface area contributed by atoms with Crippen LogP contribution in [0, 0.1) is 10.8 Å². The van der Waals surface area contributed by atoms with Crippen LogP contribution in [0.25, 0.3) is 0 Å². The highest BCUT2D eigenvalue weighted by atomic mass is 32.2. The summed E-state index contributed by atoms with van der Waals surface area (Å²) in [7, 11) is -4.88. The van der Waals surface area contributed by atoms with E-state index in [9.17, 15) is 27.4 Å². The molecule has 0 bridgehead atoms. The van der Waals surface area contributed by atoms with Crippen LogP contribution >= 0.6 is 0 Å². The van der Waals surface area contributed by atoms with Crippen LogP contribution in [0.5, 0.6) is 23.0 Å². The second-order valence-corrected chi connectivity index (χ2v) is 13.3. The molecular weight excluding hydrogens is 552 g/mol. The summed E-state index contributed by atoms with van der Waals surface area (Å²) in [4.78, 5) is 37.7. The topological polar surface area (TPSA) is 145 Å². The zero-order valence-electron chi connectivity index (χ0n) is 23.2. The van der Waals surface area contributed by atoms with E-state index in [4.69, 9.17) is 18.9 Å². The maximum Gasteiger partial charge on any atom is 0.340 e. The second-order valence-electron chi connectivity index (χ2n) is 11.9. The van der Waals surface area contributed by atoms with E-state index in [0.717, 1.165) is 12.1 Å². The van der Waals surface area contributed by atoms with Gasteiger partial charge >= 0.3 is 17.9 Å². The molecule has 0 aromatic heterocycles. The van der Waals surface area contributed by atoms with Gasteiger partial charge in [0.2, 0.25) is 0 Å². The summed E-state index contributed by atoms with van der Waals surface area (Å²) in [5, 5.41) is 0. The highest BCUT2D eigenvalue weighted by Gasteiger charge is 2.54. The van der Waals surface area contributed by atoms with Crippen molar-refractivity contribution in [2.75, 3.05) is 0 Å². The fraction of sp³-hybridized carbons (Fsp3) is 0.300. The summed E-state index contributed by atoms with van der Waals surface area (Å²) >= 11 is 0. The molecule has 41 heavy (non-hydrogen) atoms. The Kier molecular flexibility index (Phi) is 6.32. The molecule has 2 aliphatic heterocycles. The normalized spacial score (nSPS) is 15.2. The Morgan fingerprint density at radius 1 is 0.756 bits per heavy atom. The predicted molar refractivity (Wildman–Crippen MR) is 143 cm³/mol. The summed E-state index contributed by atoms with van der Waals surface area (Å²) in [6.07, 6.45) is 0. The van der Waals surface area contributed by atoms with Crippen molar-refractivity contribution in [2.24, 2.45) is 10.8 Å². The zero-order chi connectivity index (χ0) is 30.1. The average molecular weight is 580 g/mol. The van der Waals surface area contributed by atoms with Gasteiger partial charge < -0.3 is 23.5 Å². The fourth-order valence-corrected chi connectivity index (χ4v) is 4.96. The first-order chi connectivity index (χ1) is 18.9. The van der Waals surface area contributed by atoms with Gasteiger partial charge in [-0.2, -0.15) is 0 Å². The molecule has 11 heteroatoms. The summed E-state index contributed by atoms with van der Waals surface area (Å²) in [5.74, 6) is -1.18. The molecule has 0 aliphatic carbocycles. The monoisotopic (exact) mass is 579 g/mol. The highest BCUT2D eigenvalue weighted by molar-refractivity contribution is 7.85. The molecule has 214 valence electrons. The molecular formula is C30H27O10S-. The number of carbonyl (C=O) groups is 3. The number of esters is 3. The van der Waals surface area contributed by atoms with Gasteiger partial charge in [0.05, 0.1) is 21.3 Å². The number of carbonyl (C=O) groups excluding carboxylic acids is 3. The van der Waals surface area contributed by atoms with E-state index in [1.54, 1.807) is 41.5 Å². The molecule has 3 aromatic rings. The standard InChI is InChI=1S/C30H28O10S/c1-28(2,3)26(32)37-16-7-11-20-23(13-16)39-24-14-17(38-27(33)29(4,5)6)8-12-21(24)30(20)22-15-18(41(34,35)36)9-10-19(22)25(31)40-30/h7-15H,1-6H3,(H,34,35,36)/p-1. The van der Waals surface area contributed by atoms with Gasteiger partial charge in [-0.25, -0.2) is 13.2 Å². The van der Waals surface area contributed by atoms with E-state index in [1.807, 2.05) is 0 Å². The van der Waals surface area contributed by atoms with Crippen molar-refractivity contribution in [1.29, 1.82) is 0 Å². The molecule has 0 amide bonds. The Hall–Kier alpha value is -4.22. The number of hydrogen-bond acceptors (Lipinski definition) is 10. The van der Waals surface area contributed by atoms with Crippen molar-refractivity contribution in [3.8, 4) is 23.0 Å². The van der Waals surface area contributed by atoms with Crippen molar-refractivity contribution in [3.63, 3.8) is 0 Å². The van der Waals surface area contributed by atoms with Gasteiger partial charge in [-0.3, -0.25) is 9.59 Å². The largest absolute Gasteiger partial charge is 0.744 e. The molecule has 0 saturated carbocycles. The summed E-state index contributed by atoms with van der Waals surface area (Å²) in [5.41, 5.74) is -2.55. The number of ether oxygens (including phenoxy) is 4. The zero-order valence-corrected chi connectivity index (χ0v) is 24.0. The molecule has 2 heterocycles. The van der Waals surface area contributed by atoms with Gasteiger partial charge in [-0.15, -0.1) is 0 Å². The van der Waals surface area contributed by atoms with E-state index in [-0.39, 0.29) is 34.1 Å². The number of benzene rings is 3. The first-order valence-corrected chi connectivity index (χ1v) is 14.1. The van der Waals surface area contributed by atoms with Crippen molar-refractivity contribution < 1.29 is 46.3 Å². The highest BCUT2D eigenvalue weighted by Crippen LogP contribution is 2.57. The lowest BCUT2D eigenvalue weighted by Crippen LogP contribution is -2.33. The van der Waals surface area contributed by atoms with Gasteiger partial charge in [0.25, 0.3) is 0 Å². The Bertz CT molecular complexity index is 1660. The van der Waals surface area contributed by atoms with E-state index in [2.05, 4.69) is 0 Å². The third kappa shape index (κ3) is 4.85. The number of fused-ring (bicyclic) bond motifs is 6. The van der Waals surface area contributed by atoms with Crippen LogP contribution in [0.4, 0.5) is 0 Å². The summed E-state index contributed by atoms with van der Waals surface area (Å²) < 4.78 is 59.0. The average Bonchev–Trinajstić information content (AvgIpc) is 3.14. The fourth-order valence-electron chi connectivity index (χ4n) is 4.46. The quantitative estimate of drug-likeness (QED) is 0.234. The summed E-state index contributed by atoms with van der Waals surface area (Å²) in [6, 6.07) is 12.3. The van der Waals surface area contributed by atoms with Crippen LogP contribution < -0.4 is 14.2 Å². The minimum atomic E-state index is -4.88. The van der Waals surface area contributed by atoms with Crippen LogP contribution in [-0.2, 0) is 30.0 Å². The predicted octanol–water partition coefficient (Wildman–Crippen LogP) is 5.06. The smallest absolute Gasteiger partial charge is 0.340 e. The van der Waals surface area contributed by atoms with Crippen molar-refractivity contribution >= 4 is 28.0 Å². The van der Waals surface area contributed by atoms with Crippen LogP contribution in [0.2, 0.25) is 0 Å². The number of hydrogen-bond donors (Lipinski definition) is 0. The van der Waals surface area contributed by atoms with Gasteiger partial charge in [-0.05, 0) is 84.0 Å². The SMILES string of the molecule is CC(C)(C)C(=O)Oc1ccc2c(c1)Oc1cc(OC(=O)C(C)(C)C)ccc1C21OC(=O)c2ccc(S(=O)(=O)[O-])cc21. The summed E-state index contributed by atoms with van der Waals surface area (Å²) in [6.45, 7) is 10.2. The maximum atomic E-state index is 13.1. The molecule has 0 unspecified atom stereocenters. The van der Waals surface area contributed by atoms with Crippen LogP contribution in [0.15, 0.2) is 59.5 Å². The molecule has 1 spiro atoms.